The van der Waals surface area contributed by atoms with E-state index in [-0.39, 0.29) is 23.2 Å². The Hall–Kier alpha value is -3.56. The summed E-state index contributed by atoms with van der Waals surface area (Å²) in [7, 11) is 1.48. The van der Waals surface area contributed by atoms with Gasteiger partial charge in [0.1, 0.15) is 23.7 Å². The Morgan fingerprint density at radius 1 is 1.18 bits per heavy atom. The van der Waals surface area contributed by atoms with E-state index in [0.29, 0.717) is 35.2 Å². The summed E-state index contributed by atoms with van der Waals surface area (Å²) >= 11 is 0. The van der Waals surface area contributed by atoms with Gasteiger partial charge in [0, 0.05) is 11.8 Å². The number of pyridine rings is 1. The Labute approximate surface area is 193 Å². The molecule has 0 N–H and O–H groups in total. The zero-order valence-electron chi connectivity index (χ0n) is 18.6. The Kier molecular flexibility index (Phi) is 6.76. The number of hydrogen-bond donors (Lipinski definition) is 0. The second-order valence-electron chi connectivity index (χ2n) is 8.03. The lowest BCUT2D eigenvalue weighted by Crippen LogP contribution is -2.19. The molecule has 2 heterocycles. The largest absolute Gasteiger partial charge is 0.495 e. The summed E-state index contributed by atoms with van der Waals surface area (Å²) in [4.78, 5) is 21.2. The van der Waals surface area contributed by atoms with E-state index < -0.39 is 18.7 Å². The van der Waals surface area contributed by atoms with Gasteiger partial charge < -0.3 is 18.6 Å². The highest BCUT2D eigenvalue weighted by Crippen LogP contribution is 2.37. The van der Waals surface area contributed by atoms with Crippen molar-refractivity contribution in [1.82, 2.24) is 9.97 Å². The minimum absolute atomic E-state index is 0.0201. The summed E-state index contributed by atoms with van der Waals surface area (Å²) in [6.07, 6.45) is 0.473. The molecular formula is C24H23F3N2O5. The Morgan fingerprint density at radius 2 is 1.97 bits per heavy atom. The first-order valence-electron chi connectivity index (χ1n) is 10.7. The summed E-state index contributed by atoms with van der Waals surface area (Å²) in [6, 6.07) is 7.82. The molecule has 0 bridgehead atoms. The van der Waals surface area contributed by atoms with Crippen LogP contribution in [0.5, 0.6) is 17.2 Å². The van der Waals surface area contributed by atoms with E-state index in [0.717, 1.165) is 12.8 Å². The van der Waals surface area contributed by atoms with Crippen molar-refractivity contribution in [3.8, 4) is 28.7 Å². The number of nitrogens with zero attached hydrogens (tertiary/aromatic N) is 2. The van der Waals surface area contributed by atoms with Gasteiger partial charge in [-0.1, -0.05) is 0 Å². The lowest BCUT2D eigenvalue weighted by molar-refractivity contribution is -0.153. The van der Waals surface area contributed by atoms with Crippen LogP contribution in [0.2, 0.25) is 0 Å². The van der Waals surface area contributed by atoms with Crippen LogP contribution in [-0.4, -0.2) is 42.3 Å². The van der Waals surface area contributed by atoms with Gasteiger partial charge in [0.05, 0.1) is 25.1 Å². The van der Waals surface area contributed by atoms with Crippen molar-refractivity contribution in [3.63, 3.8) is 0 Å². The van der Waals surface area contributed by atoms with Gasteiger partial charge in [-0.15, -0.1) is 0 Å². The van der Waals surface area contributed by atoms with Crippen LogP contribution in [0.25, 0.3) is 11.5 Å². The molecule has 0 aliphatic heterocycles. The Bertz CT molecular complexity index is 1160. The molecule has 0 radical (unpaired) electrons. The van der Waals surface area contributed by atoms with Crippen molar-refractivity contribution in [1.29, 1.82) is 0 Å². The molecule has 0 spiro atoms. The molecule has 3 aromatic rings. The number of carbonyl (C=O) groups is 1. The monoisotopic (exact) mass is 476 g/mol. The van der Waals surface area contributed by atoms with E-state index in [1.807, 2.05) is 0 Å². The Balaban J connectivity index is 1.63. The number of Topliss-reactive ketones (excluding diaryl/α,β-unsaturated/α-hetero) is 1. The van der Waals surface area contributed by atoms with Crippen LogP contribution in [0, 0.1) is 5.92 Å². The molecule has 1 aliphatic carbocycles. The number of methoxy groups -OCH3 is 1. The first-order chi connectivity index (χ1) is 16.2. The van der Waals surface area contributed by atoms with Gasteiger partial charge in [0.25, 0.3) is 0 Å². The number of hydrogen-bond acceptors (Lipinski definition) is 7. The van der Waals surface area contributed by atoms with Crippen LogP contribution in [-0.2, 0) is 4.79 Å². The maximum atomic E-state index is 12.6. The van der Waals surface area contributed by atoms with E-state index in [4.69, 9.17) is 18.6 Å². The number of benzene rings is 1. The van der Waals surface area contributed by atoms with Gasteiger partial charge in [0.2, 0.25) is 5.89 Å². The summed E-state index contributed by atoms with van der Waals surface area (Å²) in [5, 5.41) is 0. The van der Waals surface area contributed by atoms with E-state index >= 15 is 0 Å². The third-order valence-corrected chi connectivity index (χ3v) is 5.27. The molecule has 7 nitrogen and oxygen atoms in total. The highest BCUT2D eigenvalue weighted by atomic mass is 19.4. The van der Waals surface area contributed by atoms with E-state index in [1.165, 1.54) is 38.5 Å². The van der Waals surface area contributed by atoms with Crippen LogP contribution in [0.4, 0.5) is 13.2 Å². The molecule has 0 saturated heterocycles. The summed E-state index contributed by atoms with van der Waals surface area (Å²) in [6.45, 7) is 0.375. The summed E-state index contributed by atoms with van der Waals surface area (Å²) in [5.41, 5.74) is 1.20. The zero-order chi connectivity index (χ0) is 24.3. The van der Waals surface area contributed by atoms with E-state index in [1.54, 1.807) is 18.3 Å². The molecule has 1 saturated carbocycles. The van der Waals surface area contributed by atoms with E-state index in [9.17, 15) is 18.0 Å². The van der Waals surface area contributed by atoms with Crippen LogP contribution >= 0.6 is 0 Å². The fourth-order valence-corrected chi connectivity index (χ4v) is 3.41. The number of rotatable bonds is 10. The maximum absolute atomic E-state index is 12.6. The topological polar surface area (TPSA) is 83.7 Å². The molecule has 1 fully saturated rings. The lowest BCUT2D eigenvalue weighted by Gasteiger charge is -2.15. The number of alkyl halides is 3. The van der Waals surface area contributed by atoms with Gasteiger partial charge in [-0.25, -0.2) is 4.98 Å². The first-order valence-corrected chi connectivity index (χ1v) is 10.7. The van der Waals surface area contributed by atoms with Crippen LogP contribution < -0.4 is 14.2 Å². The fourth-order valence-electron chi connectivity index (χ4n) is 3.41. The zero-order valence-corrected chi connectivity index (χ0v) is 18.6. The second kappa shape index (κ2) is 9.74. The van der Waals surface area contributed by atoms with E-state index in [2.05, 4.69) is 9.97 Å². The summed E-state index contributed by atoms with van der Waals surface area (Å²) < 4.78 is 59.6. The predicted molar refractivity (Wildman–Crippen MR) is 115 cm³/mol. The minimum Gasteiger partial charge on any atom is -0.495 e. The molecule has 10 heteroatoms. The van der Waals surface area contributed by atoms with Crippen molar-refractivity contribution in [2.75, 3.05) is 20.3 Å². The number of carbonyl (C=O) groups excluding carboxylic acids is 1. The average Bonchev–Trinajstić information content (AvgIpc) is 3.51. The molecule has 180 valence electrons. The van der Waals surface area contributed by atoms with Crippen LogP contribution in [0.1, 0.15) is 37.1 Å². The van der Waals surface area contributed by atoms with Crippen molar-refractivity contribution in [2.24, 2.45) is 5.92 Å². The van der Waals surface area contributed by atoms with Crippen LogP contribution in [0.3, 0.4) is 0 Å². The molecule has 1 aliphatic rings. The normalized spacial score (nSPS) is 14.5. The second-order valence-corrected chi connectivity index (χ2v) is 8.03. The lowest BCUT2D eigenvalue weighted by atomic mass is 9.96. The molecule has 0 amide bonds. The Morgan fingerprint density at radius 3 is 2.65 bits per heavy atom. The third-order valence-electron chi connectivity index (χ3n) is 5.27. The van der Waals surface area contributed by atoms with Crippen molar-refractivity contribution in [3.05, 3.63) is 54.2 Å². The first kappa shape index (κ1) is 23.6. The maximum Gasteiger partial charge on any atom is 0.422 e. The smallest absolute Gasteiger partial charge is 0.422 e. The molecule has 34 heavy (non-hydrogen) atoms. The van der Waals surface area contributed by atoms with Crippen molar-refractivity contribution >= 4 is 5.78 Å². The van der Waals surface area contributed by atoms with Gasteiger partial charge in [-0.3, -0.25) is 9.78 Å². The highest BCUT2D eigenvalue weighted by molar-refractivity contribution is 5.86. The molecule has 4 rings (SSSR count). The quantitative estimate of drug-likeness (QED) is 0.398. The minimum atomic E-state index is -4.47. The van der Waals surface area contributed by atoms with Crippen molar-refractivity contribution in [2.45, 2.75) is 31.9 Å². The number of ether oxygens (including phenoxy) is 3. The average molecular weight is 476 g/mol. The molecule has 1 unspecified atom stereocenters. The third kappa shape index (κ3) is 5.67. The van der Waals surface area contributed by atoms with Gasteiger partial charge in [-0.2, -0.15) is 13.2 Å². The molecule has 1 aromatic carbocycles. The number of ketones is 1. The number of halogens is 3. The van der Waals surface area contributed by atoms with Crippen molar-refractivity contribution < 1.29 is 36.6 Å². The summed E-state index contributed by atoms with van der Waals surface area (Å²) in [5.74, 6) is 0.132. The van der Waals surface area contributed by atoms with Crippen LogP contribution in [0.15, 0.2) is 47.2 Å². The fraction of sp³-hybridized carbons (Fsp3) is 0.375. The molecule has 1 atom stereocenters. The predicted octanol–water partition coefficient (Wildman–Crippen LogP) is 5.20. The standard InChI is InChI=1S/C24H23F3N2O5/c1-14(30)21(22-19(31-2)4-3-9-28-22)17-12-33-23(29-17)16-7-8-18(34-13-24(25,26)27)20(10-16)32-11-15-5-6-15/h3-4,7-10,12,15,21H,5-6,11,13H2,1-2H3. The number of aromatic nitrogens is 2. The van der Waals surface area contributed by atoms with Gasteiger partial charge in [0.15, 0.2) is 18.1 Å². The van der Waals surface area contributed by atoms with Gasteiger partial charge in [-0.05, 0) is 56.0 Å². The molecule has 2 aromatic heterocycles. The van der Waals surface area contributed by atoms with Gasteiger partial charge >= 0.3 is 6.18 Å². The molecular weight excluding hydrogens is 453 g/mol. The highest BCUT2D eigenvalue weighted by Gasteiger charge is 2.30. The SMILES string of the molecule is COc1cccnc1C(C(C)=O)c1coc(-c2ccc(OCC(F)(F)F)c(OCC3CC3)c2)n1. The number of oxazole rings is 1.